The summed E-state index contributed by atoms with van der Waals surface area (Å²) in [5.74, 6) is 2.21. The summed E-state index contributed by atoms with van der Waals surface area (Å²) in [7, 11) is 0. The lowest BCUT2D eigenvalue weighted by atomic mass is 10.3. The lowest BCUT2D eigenvalue weighted by Crippen LogP contribution is -2.14. The number of nitrogens with one attached hydrogen (secondary N) is 1. The van der Waals surface area contributed by atoms with Crippen molar-refractivity contribution in [2.45, 2.75) is 5.16 Å². The summed E-state index contributed by atoms with van der Waals surface area (Å²) in [5.41, 5.74) is 1.56. The van der Waals surface area contributed by atoms with Crippen molar-refractivity contribution >= 4 is 46.3 Å². The van der Waals surface area contributed by atoms with Crippen molar-refractivity contribution in [3.8, 4) is 27.9 Å². The van der Waals surface area contributed by atoms with Gasteiger partial charge in [0, 0.05) is 16.4 Å². The van der Waals surface area contributed by atoms with Crippen molar-refractivity contribution in [3.05, 3.63) is 101 Å². The van der Waals surface area contributed by atoms with Crippen LogP contribution in [0.5, 0.6) is 11.5 Å². The summed E-state index contributed by atoms with van der Waals surface area (Å²) in [6, 6.07) is 28.2. The van der Waals surface area contributed by atoms with Gasteiger partial charge < -0.3 is 10.1 Å². The molecular weight excluding hydrogens is 500 g/mol. The highest BCUT2D eigenvalue weighted by Crippen LogP contribution is 2.31. The van der Waals surface area contributed by atoms with Crippen LogP contribution in [0.15, 0.2) is 102 Å². The molecule has 0 spiro atoms. The van der Waals surface area contributed by atoms with Gasteiger partial charge >= 0.3 is 0 Å². The highest BCUT2D eigenvalue weighted by Gasteiger charge is 2.18. The number of ether oxygens (including phenoxy) is 1. The Morgan fingerprint density at radius 2 is 1.66 bits per heavy atom. The third-order valence-electron chi connectivity index (χ3n) is 4.91. The van der Waals surface area contributed by atoms with Crippen molar-refractivity contribution in [1.82, 2.24) is 14.8 Å². The largest absolute Gasteiger partial charge is 0.457 e. The van der Waals surface area contributed by atoms with Crippen molar-refractivity contribution in [3.63, 3.8) is 0 Å². The quantitative estimate of drug-likeness (QED) is 0.220. The predicted molar refractivity (Wildman–Crippen MR) is 142 cm³/mol. The zero-order valence-corrected chi connectivity index (χ0v) is 20.7. The molecule has 6 nitrogen and oxygen atoms in total. The third-order valence-corrected chi connectivity index (χ3v) is 6.96. The molecule has 0 atom stereocenters. The van der Waals surface area contributed by atoms with E-state index in [1.807, 2.05) is 101 Å². The lowest BCUT2D eigenvalue weighted by Gasteiger charge is -2.10. The predicted octanol–water partition coefficient (Wildman–Crippen LogP) is 7.17. The van der Waals surface area contributed by atoms with Gasteiger partial charge in [-0.25, -0.2) is 0 Å². The second-order valence-electron chi connectivity index (χ2n) is 7.37. The molecular formula is C26H19ClN4O2S2. The van der Waals surface area contributed by atoms with Gasteiger partial charge in [-0.1, -0.05) is 47.6 Å². The molecule has 0 aliphatic carbocycles. The summed E-state index contributed by atoms with van der Waals surface area (Å²) in [5, 5.41) is 14.9. The number of hydrogen-bond donors (Lipinski definition) is 1. The van der Waals surface area contributed by atoms with Crippen LogP contribution in [0.1, 0.15) is 0 Å². The molecule has 174 valence electrons. The molecule has 0 bridgehead atoms. The van der Waals surface area contributed by atoms with E-state index in [4.69, 9.17) is 16.3 Å². The van der Waals surface area contributed by atoms with E-state index in [2.05, 4.69) is 15.5 Å². The van der Waals surface area contributed by atoms with Gasteiger partial charge in [-0.3, -0.25) is 9.36 Å². The number of para-hydroxylation sites is 1. The van der Waals surface area contributed by atoms with Gasteiger partial charge in [0.15, 0.2) is 11.0 Å². The van der Waals surface area contributed by atoms with Crippen molar-refractivity contribution in [2.24, 2.45) is 0 Å². The summed E-state index contributed by atoms with van der Waals surface area (Å²) in [4.78, 5) is 13.6. The van der Waals surface area contributed by atoms with Gasteiger partial charge in [0.25, 0.3) is 0 Å². The fourth-order valence-corrected chi connectivity index (χ4v) is 4.89. The number of carbonyl (C=O) groups is 1. The average molecular weight is 519 g/mol. The zero-order chi connectivity index (χ0) is 24.0. The van der Waals surface area contributed by atoms with E-state index >= 15 is 0 Å². The number of thiophene rings is 1. The number of halogens is 1. The normalized spacial score (nSPS) is 10.8. The van der Waals surface area contributed by atoms with Crippen LogP contribution < -0.4 is 10.1 Å². The Morgan fingerprint density at radius 3 is 2.37 bits per heavy atom. The number of benzene rings is 3. The first-order valence-electron chi connectivity index (χ1n) is 10.7. The fourth-order valence-electron chi connectivity index (χ4n) is 3.31. The second-order valence-corrected chi connectivity index (χ2v) is 9.70. The Kier molecular flexibility index (Phi) is 7.13. The first-order valence-corrected chi connectivity index (χ1v) is 12.9. The van der Waals surface area contributed by atoms with Gasteiger partial charge in [0.05, 0.1) is 10.6 Å². The molecule has 5 aromatic rings. The Hall–Kier alpha value is -3.59. The van der Waals surface area contributed by atoms with Crippen LogP contribution >= 0.6 is 34.7 Å². The van der Waals surface area contributed by atoms with Crippen LogP contribution in [-0.4, -0.2) is 26.4 Å². The van der Waals surface area contributed by atoms with Crippen LogP contribution in [0.3, 0.4) is 0 Å². The molecule has 2 heterocycles. The van der Waals surface area contributed by atoms with E-state index in [-0.39, 0.29) is 11.7 Å². The SMILES string of the molecule is O=C(CSc1nnc(-c2cccs2)n1-c1ccc(Cl)cc1)Nc1ccc(Oc2ccccc2)cc1. The van der Waals surface area contributed by atoms with Gasteiger partial charge in [0.1, 0.15) is 11.5 Å². The average Bonchev–Trinajstić information content (AvgIpc) is 3.55. The minimum atomic E-state index is -0.143. The molecule has 2 aromatic heterocycles. The van der Waals surface area contributed by atoms with Crippen LogP contribution in [0.25, 0.3) is 16.4 Å². The molecule has 5 rings (SSSR count). The summed E-state index contributed by atoms with van der Waals surface area (Å²) < 4.78 is 7.74. The summed E-state index contributed by atoms with van der Waals surface area (Å²) >= 11 is 8.98. The van der Waals surface area contributed by atoms with Crippen molar-refractivity contribution in [2.75, 3.05) is 11.1 Å². The molecule has 0 fully saturated rings. The standard InChI is InChI=1S/C26H19ClN4O2S2/c27-18-8-12-20(13-9-18)31-25(23-7-4-16-34-23)29-30-26(31)35-17-24(32)28-19-10-14-22(15-11-19)33-21-5-2-1-3-6-21/h1-16H,17H2,(H,28,32). The number of thioether (sulfide) groups is 1. The van der Waals surface area contributed by atoms with Crippen LogP contribution in [0.2, 0.25) is 5.02 Å². The number of hydrogen-bond acceptors (Lipinski definition) is 6. The summed E-state index contributed by atoms with van der Waals surface area (Å²) in [6.07, 6.45) is 0. The Morgan fingerprint density at radius 1 is 0.914 bits per heavy atom. The van der Waals surface area contributed by atoms with E-state index in [0.29, 0.717) is 21.6 Å². The molecule has 0 saturated heterocycles. The van der Waals surface area contributed by atoms with Gasteiger partial charge in [-0.15, -0.1) is 21.5 Å². The van der Waals surface area contributed by atoms with Crippen LogP contribution in [-0.2, 0) is 4.79 Å². The van der Waals surface area contributed by atoms with E-state index < -0.39 is 0 Å². The highest BCUT2D eigenvalue weighted by atomic mass is 35.5. The number of anilines is 1. The Bertz CT molecular complexity index is 1400. The maximum Gasteiger partial charge on any atom is 0.234 e. The highest BCUT2D eigenvalue weighted by molar-refractivity contribution is 7.99. The van der Waals surface area contributed by atoms with Crippen LogP contribution in [0, 0.1) is 0 Å². The smallest absolute Gasteiger partial charge is 0.234 e. The third kappa shape index (κ3) is 5.74. The molecule has 1 N–H and O–H groups in total. The minimum absolute atomic E-state index is 0.143. The number of carbonyl (C=O) groups excluding carboxylic acids is 1. The van der Waals surface area contributed by atoms with E-state index in [1.165, 1.54) is 11.8 Å². The molecule has 35 heavy (non-hydrogen) atoms. The minimum Gasteiger partial charge on any atom is -0.457 e. The molecule has 9 heteroatoms. The number of aromatic nitrogens is 3. The molecule has 0 radical (unpaired) electrons. The van der Waals surface area contributed by atoms with E-state index in [1.54, 1.807) is 11.3 Å². The van der Waals surface area contributed by atoms with Crippen molar-refractivity contribution in [1.29, 1.82) is 0 Å². The lowest BCUT2D eigenvalue weighted by molar-refractivity contribution is -0.113. The maximum absolute atomic E-state index is 12.7. The van der Waals surface area contributed by atoms with Crippen molar-refractivity contribution < 1.29 is 9.53 Å². The second kappa shape index (κ2) is 10.8. The molecule has 1 amide bonds. The number of amides is 1. The monoisotopic (exact) mass is 518 g/mol. The van der Waals surface area contributed by atoms with Crippen LogP contribution in [0.4, 0.5) is 5.69 Å². The summed E-state index contributed by atoms with van der Waals surface area (Å²) in [6.45, 7) is 0. The fraction of sp³-hybridized carbons (Fsp3) is 0.0385. The first-order chi connectivity index (χ1) is 17.2. The molecule has 0 aliphatic rings. The maximum atomic E-state index is 12.7. The molecule has 3 aromatic carbocycles. The molecule has 0 saturated carbocycles. The topological polar surface area (TPSA) is 69.0 Å². The number of nitrogens with zero attached hydrogens (tertiary/aromatic N) is 3. The van der Waals surface area contributed by atoms with Gasteiger partial charge in [0.2, 0.25) is 5.91 Å². The Balaban J connectivity index is 1.26. The van der Waals surface area contributed by atoms with Gasteiger partial charge in [-0.05, 0) is 72.1 Å². The van der Waals surface area contributed by atoms with Gasteiger partial charge in [-0.2, -0.15) is 0 Å². The molecule has 0 aliphatic heterocycles. The zero-order valence-electron chi connectivity index (χ0n) is 18.3. The molecule has 0 unspecified atom stereocenters. The van der Waals surface area contributed by atoms with E-state index in [0.717, 1.165) is 22.1 Å². The Labute approximate surface area is 215 Å². The van der Waals surface area contributed by atoms with E-state index in [9.17, 15) is 4.79 Å². The number of rotatable bonds is 8. The first kappa shape index (κ1) is 23.2.